The van der Waals surface area contributed by atoms with E-state index in [-0.39, 0.29) is 5.97 Å². The number of hydrogen-bond donors (Lipinski definition) is 0. The summed E-state index contributed by atoms with van der Waals surface area (Å²) < 4.78 is 5.06. The van der Waals surface area contributed by atoms with Gasteiger partial charge in [-0.3, -0.25) is 0 Å². The minimum absolute atomic E-state index is 0.353. The van der Waals surface area contributed by atoms with E-state index in [4.69, 9.17) is 4.74 Å². The summed E-state index contributed by atoms with van der Waals surface area (Å²) in [6.45, 7) is 6.05. The lowest BCUT2D eigenvalue weighted by Crippen LogP contribution is -2.06. The number of esters is 1. The molecular formula is C19H16O2. The third kappa shape index (κ3) is 2.40. The molecule has 0 radical (unpaired) electrons. The van der Waals surface area contributed by atoms with Crippen LogP contribution in [0.25, 0.3) is 27.1 Å². The van der Waals surface area contributed by atoms with Gasteiger partial charge in [-0.1, -0.05) is 49.0 Å². The van der Waals surface area contributed by atoms with Crippen LogP contribution in [0.4, 0.5) is 0 Å². The molecule has 3 aromatic rings. The average Bonchev–Trinajstić information content (AvgIpc) is 2.52. The lowest BCUT2D eigenvalue weighted by Gasteiger charge is -2.10. The Balaban J connectivity index is 2.21. The minimum atomic E-state index is -0.363. The van der Waals surface area contributed by atoms with Crippen molar-refractivity contribution in [3.8, 4) is 0 Å². The van der Waals surface area contributed by atoms with Crippen LogP contribution in [0.2, 0.25) is 0 Å². The number of fused-ring (bicyclic) bond motifs is 2. The van der Waals surface area contributed by atoms with E-state index >= 15 is 0 Å². The highest BCUT2D eigenvalue weighted by Crippen LogP contribution is 2.29. The van der Waals surface area contributed by atoms with Crippen LogP contribution in [0.3, 0.4) is 0 Å². The topological polar surface area (TPSA) is 26.3 Å². The fraction of sp³-hybridized carbons (Fsp3) is 0.105. The first kappa shape index (κ1) is 13.4. The lowest BCUT2D eigenvalue weighted by molar-refractivity contribution is -0.136. The normalized spacial score (nSPS) is 10.7. The molecule has 0 N–H and O–H groups in total. The average molecular weight is 276 g/mol. The van der Waals surface area contributed by atoms with Gasteiger partial charge in [0.25, 0.3) is 0 Å². The largest absolute Gasteiger partial charge is 0.462 e. The van der Waals surface area contributed by atoms with E-state index in [0.717, 1.165) is 21.7 Å². The molecule has 0 fully saturated rings. The zero-order valence-electron chi connectivity index (χ0n) is 11.9. The molecule has 0 aliphatic heterocycles. The molecule has 0 aromatic heterocycles. The van der Waals surface area contributed by atoms with Crippen LogP contribution in [0.5, 0.6) is 0 Å². The second-order valence-electron chi connectivity index (χ2n) is 4.93. The molecule has 3 aromatic carbocycles. The summed E-state index contributed by atoms with van der Waals surface area (Å²) in [5.74, 6) is -0.363. The van der Waals surface area contributed by atoms with Crippen molar-refractivity contribution in [1.82, 2.24) is 0 Å². The molecule has 0 spiro atoms. The number of ether oxygens (including phenoxy) is 1. The van der Waals surface area contributed by atoms with Crippen molar-refractivity contribution in [2.75, 3.05) is 6.61 Å². The molecule has 0 amide bonds. The van der Waals surface area contributed by atoms with Crippen molar-refractivity contribution >= 4 is 33.1 Å². The van der Waals surface area contributed by atoms with Crippen molar-refractivity contribution in [2.24, 2.45) is 0 Å². The number of benzene rings is 3. The molecule has 0 aliphatic carbocycles. The molecule has 2 heteroatoms. The Hall–Kier alpha value is -2.61. The van der Waals surface area contributed by atoms with Crippen molar-refractivity contribution in [2.45, 2.75) is 6.92 Å². The SMILES string of the molecule is C=C(C(=O)OCC)c1cccc2cc3ccccc3cc12. The van der Waals surface area contributed by atoms with Gasteiger partial charge in [0.2, 0.25) is 0 Å². The number of hydrogen-bond acceptors (Lipinski definition) is 2. The van der Waals surface area contributed by atoms with E-state index in [1.54, 1.807) is 6.92 Å². The van der Waals surface area contributed by atoms with Gasteiger partial charge in [-0.25, -0.2) is 4.79 Å². The Kier molecular flexibility index (Phi) is 3.44. The van der Waals surface area contributed by atoms with Crippen LogP contribution in [0, 0.1) is 0 Å². The Morgan fingerprint density at radius 2 is 1.67 bits per heavy atom. The van der Waals surface area contributed by atoms with Crippen LogP contribution in [0.15, 0.2) is 61.2 Å². The highest BCUT2D eigenvalue weighted by Gasteiger charge is 2.13. The molecule has 0 heterocycles. The second kappa shape index (κ2) is 5.41. The van der Waals surface area contributed by atoms with E-state index in [0.29, 0.717) is 12.2 Å². The molecule has 104 valence electrons. The third-order valence-corrected chi connectivity index (χ3v) is 3.59. The van der Waals surface area contributed by atoms with E-state index in [1.165, 1.54) is 5.39 Å². The van der Waals surface area contributed by atoms with Crippen molar-refractivity contribution < 1.29 is 9.53 Å². The zero-order chi connectivity index (χ0) is 14.8. The quantitative estimate of drug-likeness (QED) is 0.398. The molecule has 3 rings (SSSR count). The van der Waals surface area contributed by atoms with Gasteiger partial charge < -0.3 is 4.74 Å². The van der Waals surface area contributed by atoms with E-state index < -0.39 is 0 Å². The fourth-order valence-electron chi connectivity index (χ4n) is 2.56. The number of rotatable bonds is 3. The van der Waals surface area contributed by atoms with E-state index in [1.807, 2.05) is 30.3 Å². The standard InChI is InChI=1S/C19H16O2/c1-3-21-19(20)13(2)17-10-6-9-16-11-14-7-4-5-8-15(14)12-18(16)17/h4-12H,2-3H2,1H3. The van der Waals surface area contributed by atoms with Gasteiger partial charge in [0, 0.05) is 0 Å². The van der Waals surface area contributed by atoms with Crippen LogP contribution in [0.1, 0.15) is 12.5 Å². The first-order chi connectivity index (χ1) is 10.2. The summed E-state index contributed by atoms with van der Waals surface area (Å²) in [7, 11) is 0. The summed E-state index contributed by atoms with van der Waals surface area (Å²) in [5, 5.41) is 4.45. The zero-order valence-corrected chi connectivity index (χ0v) is 11.9. The molecule has 0 bridgehead atoms. The molecule has 0 aliphatic rings. The second-order valence-corrected chi connectivity index (χ2v) is 4.93. The first-order valence-corrected chi connectivity index (χ1v) is 6.98. The van der Waals surface area contributed by atoms with Crippen molar-refractivity contribution in [1.29, 1.82) is 0 Å². The number of carbonyl (C=O) groups excluding carboxylic acids is 1. The Labute approximate surface area is 123 Å². The van der Waals surface area contributed by atoms with Gasteiger partial charge in [-0.15, -0.1) is 0 Å². The fourth-order valence-corrected chi connectivity index (χ4v) is 2.56. The predicted molar refractivity (Wildman–Crippen MR) is 87.1 cm³/mol. The minimum Gasteiger partial charge on any atom is -0.462 e. The maximum Gasteiger partial charge on any atom is 0.338 e. The monoisotopic (exact) mass is 276 g/mol. The maximum atomic E-state index is 11.9. The van der Waals surface area contributed by atoms with Crippen LogP contribution in [-0.2, 0) is 9.53 Å². The van der Waals surface area contributed by atoms with Gasteiger partial charge in [0.05, 0.1) is 12.2 Å². The van der Waals surface area contributed by atoms with E-state index in [9.17, 15) is 4.79 Å². The van der Waals surface area contributed by atoms with Gasteiger partial charge in [-0.2, -0.15) is 0 Å². The maximum absolute atomic E-state index is 11.9. The third-order valence-electron chi connectivity index (χ3n) is 3.59. The Bertz CT molecular complexity index is 846. The van der Waals surface area contributed by atoms with Gasteiger partial charge in [0.15, 0.2) is 0 Å². The van der Waals surface area contributed by atoms with Gasteiger partial charge in [0.1, 0.15) is 0 Å². The van der Waals surface area contributed by atoms with Gasteiger partial charge >= 0.3 is 5.97 Å². The van der Waals surface area contributed by atoms with Crippen molar-refractivity contribution in [3.63, 3.8) is 0 Å². The molecule has 0 saturated carbocycles. The molecule has 0 saturated heterocycles. The summed E-state index contributed by atoms with van der Waals surface area (Å²) in [6.07, 6.45) is 0. The van der Waals surface area contributed by atoms with Crippen LogP contribution < -0.4 is 0 Å². The van der Waals surface area contributed by atoms with Gasteiger partial charge in [-0.05, 0) is 46.2 Å². The Morgan fingerprint density at radius 3 is 2.38 bits per heavy atom. The highest BCUT2D eigenvalue weighted by molar-refractivity contribution is 6.20. The lowest BCUT2D eigenvalue weighted by atomic mass is 9.96. The molecular weight excluding hydrogens is 260 g/mol. The molecule has 21 heavy (non-hydrogen) atoms. The summed E-state index contributed by atoms with van der Waals surface area (Å²) in [4.78, 5) is 11.9. The van der Waals surface area contributed by atoms with Crippen molar-refractivity contribution in [3.05, 3.63) is 66.7 Å². The van der Waals surface area contributed by atoms with Crippen LogP contribution >= 0.6 is 0 Å². The van der Waals surface area contributed by atoms with E-state index in [2.05, 4.69) is 30.8 Å². The van der Waals surface area contributed by atoms with Crippen LogP contribution in [-0.4, -0.2) is 12.6 Å². The Morgan fingerprint density at radius 1 is 1.00 bits per heavy atom. The summed E-state index contributed by atoms with van der Waals surface area (Å²) in [6, 6.07) is 18.3. The summed E-state index contributed by atoms with van der Waals surface area (Å²) >= 11 is 0. The smallest absolute Gasteiger partial charge is 0.338 e. The first-order valence-electron chi connectivity index (χ1n) is 6.98. The number of carbonyl (C=O) groups is 1. The predicted octanol–water partition coefficient (Wildman–Crippen LogP) is 4.57. The summed E-state index contributed by atoms with van der Waals surface area (Å²) in [5.41, 5.74) is 1.23. The highest BCUT2D eigenvalue weighted by atomic mass is 16.5. The molecule has 0 atom stereocenters. The molecule has 2 nitrogen and oxygen atoms in total. The molecule has 0 unspecified atom stereocenters.